The Labute approximate surface area is 166 Å². The van der Waals surface area contributed by atoms with Crippen LogP contribution < -0.4 is 9.62 Å². The molecule has 0 spiro atoms. The second-order valence-corrected chi connectivity index (χ2v) is 9.60. The summed E-state index contributed by atoms with van der Waals surface area (Å²) < 4.78 is 30.5. The molecule has 1 atom stereocenters. The third kappa shape index (κ3) is 5.04. The molecule has 154 valence electrons. The first-order chi connectivity index (χ1) is 13.4. The molecule has 0 aromatic heterocycles. The molecule has 28 heavy (non-hydrogen) atoms. The minimum Gasteiger partial charge on any atom is -0.449 e. The zero-order valence-electron chi connectivity index (χ0n) is 16.2. The molecule has 2 aliphatic rings. The van der Waals surface area contributed by atoms with Gasteiger partial charge in [-0.3, -0.25) is 9.10 Å². The molecule has 0 bridgehead atoms. The van der Waals surface area contributed by atoms with Crippen molar-refractivity contribution in [3.05, 3.63) is 29.8 Å². The van der Waals surface area contributed by atoms with Crippen molar-refractivity contribution in [2.45, 2.75) is 51.6 Å². The number of nitrogens with zero attached hydrogens (tertiary/aromatic N) is 1. The molecule has 8 heteroatoms. The Morgan fingerprint density at radius 3 is 2.43 bits per heavy atom. The summed E-state index contributed by atoms with van der Waals surface area (Å²) in [4.78, 5) is 24.5. The maximum Gasteiger partial charge on any atom is 0.338 e. The van der Waals surface area contributed by atoms with Crippen molar-refractivity contribution < 1.29 is 22.7 Å². The first-order valence-electron chi connectivity index (χ1n) is 9.96. The van der Waals surface area contributed by atoms with Crippen LogP contribution in [-0.2, 0) is 19.6 Å². The quantitative estimate of drug-likeness (QED) is 0.730. The van der Waals surface area contributed by atoms with E-state index in [4.69, 9.17) is 4.74 Å². The maximum atomic E-state index is 12.3. The Balaban J connectivity index is 1.51. The van der Waals surface area contributed by atoms with Gasteiger partial charge in [0.05, 0.1) is 17.0 Å². The number of carbonyl (C=O) groups is 2. The predicted octanol–water partition coefficient (Wildman–Crippen LogP) is 2.47. The van der Waals surface area contributed by atoms with Crippen LogP contribution in [0.25, 0.3) is 0 Å². The number of anilines is 1. The lowest BCUT2D eigenvalue weighted by atomic mass is 9.89. The van der Waals surface area contributed by atoms with Gasteiger partial charge in [0.2, 0.25) is 10.0 Å². The van der Waals surface area contributed by atoms with Crippen LogP contribution >= 0.6 is 0 Å². The second kappa shape index (κ2) is 8.94. The van der Waals surface area contributed by atoms with E-state index in [1.807, 2.05) is 0 Å². The van der Waals surface area contributed by atoms with E-state index in [0.29, 0.717) is 31.1 Å². The van der Waals surface area contributed by atoms with E-state index in [-0.39, 0.29) is 17.2 Å². The van der Waals surface area contributed by atoms with Crippen molar-refractivity contribution in [1.82, 2.24) is 5.32 Å². The zero-order chi connectivity index (χ0) is 20.1. The molecule has 1 amide bonds. The van der Waals surface area contributed by atoms with Crippen molar-refractivity contribution in [2.75, 3.05) is 23.1 Å². The number of hydrogen-bond donors (Lipinski definition) is 1. The molecule has 2 fully saturated rings. The Kier molecular flexibility index (Phi) is 6.59. The Morgan fingerprint density at radius 1 is 1.14 bits per heavy atom. The summed E-state index contributed by atoms with van der Waals surface area (Å²) in [7, 11) is -3.26. The van der Waals surface area contributed by atoms with Crippen molar-refractivity contribution in [3.8, 4) is 0 Å². The highest BCUT2D eigenvalue weighted by Crippen LogP contribution is 2.25. The summed E-state index contributed by atoms with van der Waals surface area (Å²) in [6, 6.07) is 6.23. The third-order valence-corrected chi connectivity index (χ3v) is 7.30. The highest BCUT2D eigenvalue weighted by Gasteiger charge is 2.28. The van der Waals surface area contributed by atoms with Crippen molar-refractivity contribution in [3.63, 3.8) is 0 Å². The first kappa shape index (κ1) is 20.6. The smallest absolute Gasteiger partial charge is 0.338 e. The van der Waals surface area contributed by atoms with E-state index < -0.39 is 22.1 Å². The SMILES string of the molecule is C[C@H](OC(=O)c1ccc(N2CCCS2(=O)=O)cc1)C(=O)NCC1CCCCC1. The molecular weight excluding hydrogens is 380 g/mol. The van der Waals surface area contributed by atoms with Gasteiger partial charge in [-0.05, 0) is 56.4 Å². The van der Waals surface area contributed by atoms with Crippen LogP contribution in [0.1, 0.15) is 55.8 Å². The van der Waals surface area contributed by atoms with Gasteiger partial charge in [0, 0.05) is 13.1 Å². The molecule has 1 aromatic rings. The van der Waals surface area contributed by atoms with Gasteiger partial charge in [-0.1, -0.05) is 19.3 Å². The van der Waals surface area contributed by atoms with Crippen LogP contribution in [0.15, 0.2) is 24.3 Å². The minimum atomic E-state index is -3.26. The van der Waals surface area contributed by atoms with Crippen molar-refractivity contribution in [2.24, 2.45) is 5.92 Å². The van der Waals surface area contributed by atoms with E-state index in [1.54, 1.807) is 19.1 Å². The monoisotopic (exact) mass is 408 g/mol. The van der Waals surface area contributed by atoms with Crippen molar-refractivity contribution in [1.29, 1.82) is 0 Å². The zero-order valence-corrected chi connectivity index (χ0v) is 17.0. The standard InChI is InChI=1S/C20H28N2O5S/c1-15(19(23)21-14-16-6-3-2-4-7-16)27-20(24)17-8-10-18(11-9-17)22-12-5-13-28(22,25)26/h8-11,15-16H,2-7,12-14H2,1H3,(H,21,23)/t15-/m0/s1. The Morgan fingerprint density at radius 2 is 1.82 bits per heavy atom. The van der Waals surface area contributed by atoms with Gasteiger partial charge in [0.25, 0.3) is 5.91 Å². The van der Waals surface area contributed by atoms with Crippen LogP contribution in [0.5, 0.6) is 0 Å². The minimum absolute atomic E-state index is 0.143. The van der Waals surface area contributed by atoms with Crippen LogP contribution in [0.4, 0.5) is 5.69 Å². The van der Waals surface area contributed by atoms with Crippen LogP contribution in [-0.4, -0.2) is 45.2 Å². The highest BCUT2D eigenvalue weighted by molar-refractivity contribution is 7.93. The van der Waals surface area contributed by atoms with E-state index >= 15 is 0 Å². The van der Waals surface area contributed by atoms with E-state index in [9.17, 15) is 18.0 Å². The average Bonchev–Trinajstić information content (AvgIpc) is 3.06. The molecule has 1 aromatic carbocycles. The number of sulfonamides is 1. The summed E-state index contributed by atoms with van der Waals surface area (Å²) in [6.07, 6.45) is 5.66. The van der Waals surface area contributed by atoms with Gasteiger partial charge in [0.1, 0.15) is 0 Å². The summed E-state index contributed by atoms with van der Waals surface area (Å²) in [6.45, 7) is 2.63. The fraction of sp³-hybridized carbons (Fsp3) is 0.600. The second-order valence-electron chi connectivity index (χ2n) is 7.59. The number of hydrogen-bond acceptors (Lipinski definition) is 5. The third-order valence-electron chi connectivity index (χ3n) is 5.43. The summed E-state index contributed by atoms with van der Waals surface area (Å²) >= 11 is 0. The average molecular weight is 409 g/mol. The predicted molar refractivity (Wildman–Crippen MR) is 107 cm³/mol. The van der Waals surface area contributed by atoms with Crippen LogP contribution in [0.2, 0.25) is 0 Å². The van der Waals surface area contributed by atoms with Gasteiger partial charge in [-0.25, -0.2) is 13.2 Å². The fourth-order valence-corrected chi connectivity index (χ4v) is 5.32. The topological polar surface area (TPSA) is 92.8 Å². The van der Waals surface area contributed by atoms with Gasteiger partial charge in [-0.15, -0.1) is 0 Å². The van der Waals surface area contributed by atoms with Gasteiger partial charge < -0.3 is 10.1 Å². The fourth-order valence-electron chi connectivity index (χ4n) is 3.76. The number of nitrogens with one attached hydrogen (secondary N) is 1. The number of ether oxygens (including phenoxy) is 1. The lowest BCUT2D eigenvalue weighted by Crippen LogP contribution is -2.38. The Hall–Kier alpha value is -2.09. The molecule has 1 saturated carbocycles. The first-order valence-corrected chi connectivity index (χ1v) is 11.6. The van der Waals surface area contributed by atoms with Crippen LogP contribution in [0.3, 0.4) is 0 Å². The van der Waals surface area contributed by atoms with E-state index in [0.717, 1.165) is 12.8 Å². The number of benzene rings is 1. The highest BCUT2D eigenvalue weighted by atomic mass is 32.2. The molecule has 7 nitrogen and oxygen atoms in total. The molecule has 1 aliphatic carbocycles. The molecule has 3 rings (SSSR count). The maximum absolute atomic E-state index is 12.3. The molecular formula is C20H28N2O5S. The molecule has 0 radical (unpaired) electrons. The number of amides is 1. The molecule has 1 aliphatic heterocycles. The summed E-state index contributed by atoms with van der Waals surface area (Å²) in [5, 5.41) is 2.87. The van der Waals surface area contributed by atoms with E-state index in [2.05, 4.69) is 5.32 Å². The van der Waals surface area contributed by atoms with Gasteiger partial charge >= 0.3 is 5.97 Å². The van der Waals surface area contributed by atoms with Crippen LogP contribution in [0, 0.1) is 5.92 Å². The van der Waals surface area contributed by atoms with Gasteiger partial charge in [-0.2, -0.15) is 0 Å². The lowest BCUT2D eigenvalue weighted by Gasteiger charge is -2.22. The lowest BCUT2D eigenvalue weighted by molar-refractivity contribution is -0.129. The normalized spacial score (nSPS) is 20.5. The molecule has 1 heterocycles. The molecule has 1 saturated heterocycles. The van der Waals surface area contributed by atoms with Gasteiger partial charge in [0.15, 0.2) is 6.10 Å². The Bertz CT molecular complexity index is 800. The molecule has 0 unspecified atom stereocenters. The summed E-state index contributed by atoms with van der Waals surface area (Å²) in [5.41, 5.74) is 0.819. The largest absolute Gasteiger partial charge is 0.449 e. The number of carbonyl (C=O) groups excluding carboxylic acids is 2. The van der Waals surface area contributed by atoms with Crippen molar-refractivity contribution >= 4 is 27.6 Å². The number of esters is 1. The number of rotatable bonds is 6. The van der Waals surface area contributed by atoms with E-state index in [1.165, 1.54) is 35.7 Å². The molecule has 1 N–H and O–H groups in total. The summed E-state index contributed by atoms with van der Waals surface area (Å²) in [5.74, 6) is -0.241.